The Labute approximate surface area is 277 Å². The first-order chi connectivity index (χ1) is 23.8. The summed E-state index contributed by atoms with van der Waals surface area (Å²) < 4.78 is 13.1. The van der Waals surface area contributed by atoms with Crippen molar-refractivity contribution in [2.24, 2.45) is 0 Å². The lowest BCUT2D eigenvalue weighted by Gasteiger charge is -2.19. The summed E-state index contributed by atoms with van der Waals surface area (Å²) in [5.41, 5.74) is 11.7. The van der Waals surface area contributed by atoms with Gasteiger partial charge >= 0.3 is 0 Å². The molecular formula is C46H28O2. The zero-order valence-corrected chi connectivity index (χ0v) is 26.0. The molecule has 0 N–H and O–H groups in total. The van der Waals surface area contributed by atoms with E-state index >= 15 is 0 Å². The topological polar surface area (TPSA) is 26.3 Å². The zero-order valence-electron chi connectivity index (χ0n) is 26.0. The molecule has 0 atom stereocenters. The van der Waals surface area contributed by atoms with Crippen molar-refractivity contribution in [1.82, 2.24) is 0 Å². The normalized spacial score (nSPS) is 11.8. The lowest BCUT2D eigenvalue weighted by atomic mass is 9.83. The first-order valence-electron chi connectivity index (χ1n) is 16.3. The van der Waals surface area contributed by atoms with Crippen LogP contribution in [0.3, 0.4) is 0 Å². The van der Waals surface area contributed by atoms with Crippen LogP contribution in [-0.2, 0) is 0 Å². The van der Waals surface area contributed by atoms with Crippen molar-refractivity contribution in [2.45, 2.75) is 0 Å². The summed E-state index contributed by atoms with van der Waals surface area (Å²) in [4.78, 5) is 0. The van der Waals surface area contributed by atoms with Crippen LogP contribution in [0.2, 0.25) is 0 Å². The van der Waals surface area contributed by atoms with Gasteiger partial charge in [-0.25, -0.2) is 0 Å². The molecule has 0 saturated heterocycles. The van der Waals surface area contributed by atoms with Gasteiger partial charge in [0.05, 0.1) is 6.26 Å². The average Bonchev–Trinajstić information content (AvgIpc) is 3.77. The first-order valence-corrected chi connectivity index (χ1v) is 16.3. The van der Waals surface area contributed by atoms with Crippen molar-refractivity contribution in [2.75, 3.05) is 0 Å². The maximum atomic E-state index is 6.90. The van der Waals surface area contributed by atoms with Crippen LogP contribution in [0.25, 0.3) is 99.0 Å². The smallest absolute Gasteiger partial charge is 0.178 e. The van der Waals surface area contributed by atoms with Crippen LogP contribution in [0.15, 0.2) is 179 Å². The fourth-order valence-corrected chi connectivity index (χ4v) is 7.67. The molecule has 48 heavy (non-hydrogen) atoms. The molecule has 0 aliphatic heterocycles. The van der Waals surface area contributed by atoms with Gasteiger partial charge in [-0.3, -0.25) is 0 Å². The van der Waals surface area contributed by atoms with Crippen molar-refractivity contribution in [1.29, 1.82) is 0 Å². The summed E-state index contributed by atoms with van der Waals surface area (Å²) in [6.45, 7) is 0. The minimum Gasteiger partial charge on any atom is -0.460 e. The third-order valence-corrected chi connectivity index (χ3v) is 9.77. The van der Waals surface area contributed by atoms with Crippen LogP contribution in [-0.4, -0.2) is 0 Å². The molecule has 2 heteroatoms. The van der Waals surface area contributed by atoms with Crippen molar-refractivity contribution in [3.8, 4) is 44.5 Å². The fraction of sp³-hybridized carbons (Fsp3) is 0. The quantitative estimate of drug-likeness (QED) is 0.185. The Hall–Kier alpha value is -6.38. The standard InChI is InChI=1S/C46H28O2/c1-3-14-29(15-4-1)31-18-7-8-19-32(31)42-33-20-9-11-22-35(33)43(36-23-12-10-21-34(36)42)40-25-13-24-37-38-26-27-39-41(30-16-5-2-6-17-30)28-47-45(39)46(38)48-44(37)40/h1-28H. The van der Waals surface area contributed by atoms with E-state index in [4.69, 9.17) is 8.83 Å². The fourth-order valence-electron chi connectivity index (χ4n) is 7.67. The van der Waals surface area contributed by atoms with E-state index < -0.39 is 0 Å². The SMILES string of the molecule is c1ccc(-c2ccccc2-c2c3ccccc3c(-c3cccc4c3oc3c4ccc4c(-c5ccccc5)coc43)c3ccccc23)cc1. The van der Waals surface area contributed by atoms with Gasteiger partial charge in [-0.2, -0.15) is 0 Å². The molecule has 0 fully saturated rings. The average molecular weight is 613 g/mol. The molecule has 2 nitrogen and oxygen atoms in total. The van der Waals surface area contributed by atoms with Gasteiger partial charge < -0.3 is 8.83 Å². The van der Waals surface area contributed by atoms with E-state index in [9.17, 15) is 0 Å². The highest BCUT2D eigenvalue weighted by molar-refractivity contribution is 6.26. The second kappa shape index (κ2) is 10.6. The summed E-state index contributed by atoms with van der Waals surface area (Å²) in [5.74, 6) is 0. The third-order valence-electron chi connectivity index (χ3n) is 9.77. The maximum Gasteiger partial charge on any atom is 0.178 e. The molecule has 2 aromatic heterocycles. The second-order valence-electron chi connectivity index (χ2n) is 12.4. The Balaban J connectivity index is 1.28. The van der Waals surface area contributed by atoms with Crippen LogP contribution in [0.5, 0.6) is 0 Å². The van der Waals surface area contributed by atoms with E-state index in [2.05, 4.69) is 158 Å². The Morgan fingerprint density at radius 2 is 0.729 bits per heavy atom. The number of benzene rings is 8. The molecular weight excluding hydrogens is 585 g/mol. The Kier molecular flexibility index (Phi) is 5.91. The van der Waals surface area contributed by atoms with E-state index in [-0.39, 0.29) is 0 Å². The van der Waals surface area contributed by atoms with E-state index in [0.717, 1.165) is 49.6 Å². The van der Waals surface area contributed by atoms with Crippen LogP contribution in [0.1, 0.15) is 0 Å². The summed E-state index contributed by atoms with van der Waals surface area (Å²) in [5, 5.41) is 7.98. The molecule has 224 valence electrons. The highest BCUT2D eigenvalue weighted by Gasteiger charge is 2.23. The summed E-state index contributed by atoms with van der Waals surface area (Å²) in [6.07, 6.45) is 1.85. The van der Waals surface area contributed by atoms with Crippen molar-refractivity contribution in [3.63, 3.8) is 0 Å². The van der Waals surface area contributed by atoms with Crippen molar-refractivity contribution >= 4 is 54.5 Å². The number of para-hydroxylation sites is 1. The van der Waals surface area contributed by atoms with E-state index in [1.54, 1.807) is 0 Å². The molecule has 8 aromatic carbocycles. The van der Waals surface area contributed by atoms with Gasteiger partial charge in [-0.1, -0.05) is 152 Å². The first kappa shape index (κ1) is 26.8. The Bertz CT molecular complexity index is 2760. The molecule has 2 heterocycles. The predicted octanol–water partition coefficient (Wildman–Crippen LogP) is 13.3. The number of rotatable bonds is 4. The van der Waals surface area contributed by atoms with Gasteiger partial charge in [0.25, 0.3) is 0 Å². The van der Waals surface area contributed by atoms with Gasteiger partial charge in [-0.15, -0.1) is 0 Å². The van der Waals surface area contributed by atoms with Crippen LogP contribution in [0, 0.1) is 0 Å². The molecule has 0 saturated carbocycles. The number of fused-ring (bicyclic) bond motifs is 7. The van der Waals surface area contributed by atoms with Crippen LogP contribution < -0.4 is 0 Å². The van der Waals surface area contributed by atoms with Crippen molar-refractivity contribution < 1.29 is 8.83 Å². The zero-order chi connectivity index (χ0) is 31.6. The highest BCUT2D eigenvalue weighted by atomic mass is 16.4. The third kappa shape index (κ3) is 3.93. The van der Waals surface area contributed by atoms with E-state index in [0.29, 0.717) is 0 Å². The number of hydrogen-bond acceptors (Lipinski definition) is 2. The predicted molar refractivity (Wildman–Crippen MR) is 200 cm³/mol. The van der Waals surface area contributed by atoms with Crippen molar-refractivity contribution in [3.05, 3.63) is 170 Å². The van der Waals surface area contributed by atoms with Gasteiger partial charge in [0.1, 0.15) is 5.58 Å². The van der Waals surface area contributed by atoms with Crippen LogP contribution in [0.4, 0.5) is 0 Å². The lowest BCUT2D eigenvalue weighted by molar-refractivity contribution is 0.601. The Morgan fingerprint density at radius 1 is 0.271 bits per heavy atom. The number of hydrogen-bond donors (Lipinski definition) is 0. The summed E-state index contributed by atoms with van der Waals surface area (Å²) >= 11 is 0. The highest BCUT2D eigenvalue weighted by Crippen LogP contribution is 2.48. The second-order valence-corrected chi connectivity index (χ2v) is 12.4. The van der Waals surface area contributed by atoms with Gasteiger partial charge in [0.15, 0.2) is 11.2 Å². The molecule has 0 radical (unpaired) electrons. The molecule has 0 amide bonds. The summed E-state index contributed by atoms with van der Waals surface area (Å²) in [6, 6.07) is 58.3. The molecule has 0 unspecified atom stereocenters. The van der Waals surface area contributed by atoms with E-state index in [1.165, 1.54) is 49.4 Å². The van der Waals surface area contributed by atoms with Gasteiger partial charge in [0, 0.05) is 32.8 Å². The molecule has 10 aromatic rings. The van der Waals surface area contributed by atoms with E-state index in [1.807, 2.05) is 12.3 Å². The molecule has 0 bridgehead atoms. The number of furan rings is 2. The Morgan fingerprint density at radius 3 is 1.38 bits per heavy atom. The molecule has 0 aliphatic carbocycles. The molecule has 0 spiro atoms. The minimum atomic E-state index is 0.774. The summed E-state index contributed by atoms with van der Waals surface area (Å²) in [7, 11) is 0. The lowest BCUT2D eigenvalue weighted by Crippen LogP contribution is -1.92. The van der Waals surface area contributed by atoms with Gasteiger partial charge in [-0.05, 0) is 61.5 Å². The van der Waals surface area contributed by atoms with Gasteiger partial charge in [0.2, 0.25) is 0 Å². The van der Waals surface area contributed by atoms with Crippen LogP contribution >= 0.6 is 0 Å². The molecule has 10 rings (SSSR count). The monoisotopic (exact) mass is 612 g/mol. The molecule has 0 aliphatic rings. The largest absolute Gasteiger partial charge is 0.460 e. The maximum absolute atomic E-state index is 6.90. The minimum absolute atomic E-state index is 0.774.